The minimum atomic E-state index is -0.636. The predicted molar refractivity (Wildman–Crippen MR) is 65.2 cm³/mol. The quantitative estimate of drug-likeness (QED) is 0.597. The van der Waals surface area contributed by atoms with Crippen LogP contribution in [-0.2, 0) is 16.0 Å². The number of carbonyl (C=O) groups excluding carboxylic acids is 2. The van der Waals surface area contributed by atoms with Crippen LogP contribution in [0.1, 0.15) is 5.56 Å². The highest BCUT2D eigenvalue weighted by molar-refractivity contribution is 6.35. The minimum absolute atomic E-state index is 0.310. The van der Waals surface area contributed by atoms with E-state index in [0.29, 0.717) is 26.1 Å². The molecule has 0 saturated carbocycles. The zero-order chi connectivity index (χ0) is 12.5. The van der Waals surface area contributed by atoms with Crippen molar-refractivity contribution in [3.05, 3.63) is 35.9 Å². The first kappa shape index (κ1) is 13.2. The van der Waals surface area contributed by atoms with Gasteiger partial charge in [-0.3, -0.25) is 9.59 Å². The lowest BCUT2D eigenvalue weighted by atomic mass is 10.1. The summed E-state index contributed by atoms with van der Waals surface area (Å²) in [5.74, 6) is -1.25. The third-order valence-electron chi connectivity index (χ3n) is 2.18. The summed E-state index contributed by atoms with van der Waals surface area (Å²) in [4.78, 5) is 22.4. The fourth-order valence-corrected chi connectivity index (χ4v) is 1.31. The molecule has 92 valence electrons. The molecule has 0 aliphatic rings. The Labute approximate surface area is 100 Å². The monoisotopic (exact) mass is 235 g/mol. The van der Waals surface area contributed by atoms with Crippen molar-refractivity contribution in [2.45, 2.75) is 6.42 Å². The molecule has 1 aromatic carbocycles. The van der Waals surface area contributed by atoms with Gasteiger partial charge in [0.25, 0.3) is 0 Å². The first-order valence-corrected chi connectivity index (χ1v) is 5.54. The summed E-state index contributed by atoms with van der Waals surface area (Å²) in [5.41, 5.74) is 6.33. The van der Waals surface area contributed by atoms with Crippen molar-refractivity contribution in [1.29, 1.82) is 0 Å². The van der Waals surface area contributed by atoms with Gasteiger partial charge in [-0.1, -0.05) is 30.3 Å². The molecule has 0 spiro atoms. The Kier molecular flexibility index (Phi) is 5.74. The molecule has 0 bridgehead atoms. The smallest absolute Gasteiger partial charge is 0.309 e. The van der Waals surface area contributed by atoms with E-state index < -0.39 is 11.8 Å². The van der Waals surface area contributed by atoms with Gasteiger partial charge in [-0.2, -0.15) is 0 Å². The van der Waals surface area contributed by atoms with Crippen molar-refractivity contribution < 1.29 is 9.59 Å². The van der Waals surface area contributed by atoms with Crippen molar-refractivity contribution in [3.8, 4) is 0 Å². The van der Waals surface area contributed by atoms with Crippen LogP contribution in [0.4, 0.5) is 0 Å². The van der Waals surface area contributed by atoms with Crippen LogP contribution in [0.15, 0.2) is 30.3 Å². The maximum Gasteiger partial charge on any atom is 0.309 e. The lowest BCUT2D eigenvalue weighted by Crippen LogP contribution is -2.42. The molecule has 0 aliphatic carbocycles. The lowest BCUT2D eigenvalue weighted by Gasteiger charge is -2.05. The summed E-state index contributed by atoms with van der Waals surface area (Å²) < 4.78 is 0. The molecule has 0 aromatic heterocycles. The highest BCUT2D eigenvalue weighted by atomic mass is 16.2. The molecule has 0 fully saturated rings. The molecule has 0 heterocycles. The molecule has 5 heteroatoms. The Morgan fingerprint density at radius 1 is 1.00 bits per heavy atom. The maximum atomic E-state index is 11.3. The van der Waals surface area contributed by atoms with Gasteiger partial charge in [0.1, 0.15) is 0 Å². The molecule has 17 heavy (non-hydrogen) atoms. The molecule has 0 atom stereocenters. The van der Waals surface area contributed by atoms with E-state index in [1.807, 2.05) is 30.3 Å². The Bertz CT molecular complexity index is 365. The van der Waals surface area contributed by atoms with Gasteiger partial charge in [0.2, 0.25) is 0 Å². The Balaban J connectivity index is 2.22. The molecule has 1 rings (SSSR count). The molecule has 2 amide bonds. The third kappa shape index (κ3) is 5.12. The summed E-state index contributed by atoms with van der Waals surface area (Å²) in [7, 11) is 0. The fourth-order valence-electron chi connectivity index (χ4n) is 1.31. The zero-order valence-corrected chi connectivity index (χ0v) is 9.61. The van der Waals surface area contributed by atoms with E-state index in [1.54, 1.807) is 0 Å². The SMILES string of the molecule is NCCNC(=O)C(=O)NCCc1ccccc1. The molecule has 0 unspecified atom stereocenters. The summed E-state index contributed by atoms with van der Waals surface area (Å²) in [5, 5.41) is 4.95. The van der Waals surface area contributed by atoms with E-state index in [0.717, 1.165) is 5.56 Å². The molecule has 0 radical (unpaired) electrons. The van der Waals surface area contributed by atoms with Crippen LogP contribution in [0, 0.1) is 0 Å². The van der Waals surface area contributed by atoms with Gasteiger partial charge in [0.05, 0.1) is 0 Å². The summed E-state index contributed by atoms with van der Waals surface area (Å²) in [6.07, 6.45) is 0.705. The van der Waals surface area contributed by atoms with Crippen LogP contribution in [-0.4, -0.2) is 31.4 Å². The molecule has 0 saturated heterocycles. The molecular formula is C12H17N3O2. The number of benzene rings is 1. The van der Waals surface area contributed by atoms with Crippen molar-refractivity contribution in [2.24, 2.45) is 5.73 Å². The normalized spacial score (nSPS) is 9.71. The third-order valence-corrected chi connectivity index (χ3v) is 2.18. The zero-order valence-electron chi connectivity index (χ0n) is 9.61. The average molecular weight is 235 g/mol. The minimum Gasteiger partial charge on any atom is -0.348 e. The van der Waals surface area contributed by atoms with Gasteiger partial charge in [-0.25, -0.2) is 0 Å². The van der Waals surface area contributed by atoms with Crippen molar-refractivity contribution in [3.63, 3.8) is 0 Å². The van der Waals surface area contributed by atoms with Gasteiger partial charge in [-0.15, -0.1) is 0 Å². The topological polar surface area (TPSA) is 84.2 Å². The number of nitrogens with two attached hydrogens (primary N) is 1. The second-order valence-corrected chi connectivity index (χ2v) is 3.54. The van der Waals surface area contributed by atoms with Crippen molar-refractivity contribution >= 4 is 11.8 Å². The van der Waals surface area contributed by atoms with Crippen LogP contribution in [0.5, 0.6) is 0 Å². The number of hydrogen-bond acceptors (Lipinski definition) is 3. The number of rotatable bonds is 5. The van der Waals surface area contributed by atoms with E-state index in [-0.39, 0.29) is 0 Å². The first-order valence-electron chi connectivity index (χ1n) is 5.54. The van der Waals surface area contributed by atoms with E-state index in [4.69, 9.17) is 5.73 Å². The van der Waals surface area contributed by atoms with Gasteiger partial charge >= 0.3 is 11.8 Å². The highest BCUT2D eigenvalue weighted by Gasteiger charge is 2.10. The second kappa shape index (κ2) is 7.40. The van der Waals surface area contributed by atoms with E-state index in [1.165, 1.54) is 0 Å². The molecular weight excluding hydrogens is 218 g/mol. The van der Waals surface area contributed by atoms with Crippen LogP contribution in [0.2, 0.25) is 0 Å². The largest absolute Gasteiger partial charge is 0.348 e. The predicted octanol–water partition coefficient (Wildman–Crippen LogP) is -0.580. The maximum absolute atomic E-state index is 11.3. The fraction of sp³-hybridized carbons (Fsp3) is 0.333. The van der Waals surface area contributed by atoms with Crippen molar-refractivity contribution in [2.75, 3.05) is 19.6 Å². The Hall–Kier alpha value is -1.88. The summed E-state index contributed by atoms with van der Waals surface area (Å²) in [6, 6.07) is 9.75. The van der Waals surface area contributed by atoms with E-state index in [2.05, 4.69) is 10.6 Å². The number of carbonyl (C=O) groups is 2. The lowest BCUT2D eigenvalue weighted by molar-refractivity contribution is -0.139. The standard InChI is InChI=1S/C12H17N3O2/c13-7-9-15-12(17)11(16)14-8-6-10-4-2-1-3-5-10/h1-5H,6-9,13H2,(H,14,16)(H,15,17). The Morgan fingerprint density at radius 2 is 1.59 bits per heavy atom. The van der Waals surface area contributed by atoms with E-state index in [9.17, 15) is 9.59 Å². The Morgan fingerprint density at radius 3 is 2.18 bits per heavy atom. The van der Waals surface area contributed by atoms with Gasteiger partial charge < -0.3 is 16.4 Å². The number of nitrogens with one attached hydrogen (secondary N) is 2. The number of hydrogen-bond donors (Lipinski definition) is 3. The molecule has 0 aliphatic heterocycles. The molecule has 5 nitrogen and oxygen atoms in total. The van der Waals surface area contributed by atoms with Crippen LogP contribution < -0.4 is 16.4 Å². The summed E-state index contributed by atoms with van der Waals surface area (Å²) >= 11 is 0. The molecule has 1 aromatic rings. The van der Waals surface area contributed by atoms with Crippen LogP contribution in [0.3, 0.4) is 0 Å². The van der Waals surface area contributed by atoms with Crippen LogP contribution in [0.25, 0.3) is 0 Å². The highest BCUT2D eigenvalue weighted by Crippen LogP contribution is 1.97. The van der Waals surface area contributed by atoms with Gasteiger partial charge in [0, 0.05) is 19.6 Å². The van der Waals surface area contributed by atoms with Gasteiger partial charge in [-0.05, 0) is 12.0 Å². The average Bonchev–Trinajstić information content (AvgIpc) is 2.37. The second-order valence-electron chi connectivity index (χ2n) is 3.54. The van der Waals surface area contributed by atoms with Crippen LogP contribution >= 0.6 is 0 Å². The molecule has 4 N–H and O–H groups in total. The first-order chi connectivity index (χ1) is 8.24. The van der Waals surface area contributed by atoms with Gasteiger partial charge in [0.15, 0.2) is 0 Å². The summed E-state index contributed by atoms with van der Waals surface area (Å²) in [6.45, 7) is 1.08. The number of amides is 2. The van der Waals surface area contributed by atoms with Crippen molar-refractivity contribution in [1.82, 2.24) is 10.6 Å². The van der Waals surface area contributed by atoms with E-state index >= 15 is 0 Å².